The van der Waals surface area contributed by atoms with E-state index >= 15 is 0 Å². The molecule has 0 bridgehead atoms. The highest BCUT2D eigenvalue weighted by atomic mass is 16.2. The standard InChI is InChI=1S/C22H25N5O/c1-16(2)11-12-27-15-21(24-25-27)17-7-9-20(10-8-17)23-22(28)26-13-18-5-3-4-6-19(18)14-26/h3-10,15-16H,11-14H2,1-2H3,(H,23,28). The van der Waals surface area contributed by atoms with Gasteiger partial charge in [-0.15, -0.1) is 5.10 Å². The van der Waals surface area contributed by atoms with E-state index < -0.39 is 0 Å². The van der Waals surface area contributed by atoms with Crippen molar-refractivity contribution in [3.05, 3.63) is 65.9 Å². The van der Waals surface area contributed by atoms with Gasteiger partial charge in [-0.05, 0) is 35.6 Å². The Morgan fingerprint density at radius 2 is 1.75 bits per heavy atom. The van der Waals surface area contributed by atoms with E-state index in [0.29, 0.717) is 19.0 Å². The van der Waals surface area contributed by atoms with Gasteiger partial charge in [-0.1, -0.05) is 55.5 Å². The van der Waals surface area contributed by atoms with Crippen LogP contribution in [0.3, 0.4) is 0 Å². The third-order valence-electron chi connectivity index (χ3n) is 5.03. The summed E-state index contributed by atoms with van der Waals surface area (Å²) in [6.07, 6.45) is 3.05. The third-order valence-corrected chi connectivity index (χ3v) is 5.03. The monoisotopic (exact) mass is 375 g/mol. The highest BCUT2D eigenvalue weighted by Crippen LogP contribution is 2.24. The number of aromatic nitrogens is 3. The van der Waals surface area contributed by atoms with Crippen LogP contribution in [0.25, 0.3) is 11.3 Å². The van der Waals surface area contributed by atoms with Gasteiger partial charge in [0.1, 0.15) is 5.69 Å². The molecule has 0 aliphatic carbocycles. The molecule has 0 radical (unpaired) electrons. The Morgan fingerprint density at radius 1 is 1.07 bits per heavy atom. The van der Waals surface area contributed by atoms with Crippen LogP contribution >= 0.6 is 0 Å². The minimum absolute atomic E-state index is 0.0800. The van der Waals surface area contributed by atoms with Gasteiger partial charge < -0.3 is 10.2 Å². The van der Waals surface area contributed by atoms with Crippen LogP contribution in [0.5, 0.6) is 0 Å². The number of hydrogen-bond acceptors (Lipinski definition) is 3. The summed E-state index contributed by atoms with van der Waals surface area (Å²) in [5.74, 6) is 0.638. The van der Waals surface area contributed by atoms with Gasteiger partial charge in [0.2, 0.25) is 0 Å². The molecular weight excluding hydrogens is 350 g/mol. The molecule has 0 fully saturated rings. The van der Waals surface area contributed by atoms with Gasteiger partial charge in [-0.3, -0.25) is 4.68 Å². The van der Waals surface area contributed by atoms with Crippen molar-refractivity contribution >= 4 is 11.7 Å². The number of carbonyl (C=O) groups is 1. The lowest BCUT2D eigenvalue weighted by Gasteiger charge is -2.16. The fourth-order valence-electron chi connectivity index (χ4n) is 3.33. The Hall–Kier alpha value is -3.15. The second-order valence-electron chi connectivity index (χ2n) is 7.68. The Morgan fingerprint density at radius 3 is 2.39 bits per heavy atom. The SMILES string of the molecule is CC(C)CCn1cc(-c2ccc(NC(=O)N3Cc4ccccc4C3)cc2)nn1. The number of rotatable bonds is 5. The molecule has 28 heavy (non-hydrogen) atoms. The molecule has 1 N–H and O–H groups in total. The maximum atomic E-state index is 12.6. The highest BCUT2D eigenvalue weighted by Gasteiger charge is 2.22. The Bertz CT molecular complexity index is 936. The molecule has 0 unspecified atom stereocenters. The van der Waals surface area contributed by atoms with E-state index in [0.717, 1.165) is 29.9 Å². The predicted molar refractivity (Wildman–Crippen MR) is 110 cm³/mol. The molecule has 2 heterocycles. The number of benzene rings is 2. The van der Waals surface area contributed by atoms with E-state index in [2.05, 4.69) is 41.6 Å². The highest BCUT2D eigenvalue weighted by molar-refractivity contribution is 5.90. The van der Waals surface area contributed by atoms with Crippen molar-refractivity contribution in [2.24, 2.45) is 5.92 Å². The maximum Gasteiger partial charge on any atom is 0.322 e. The zero-order valence-electron chi connectivity index (χ0n) is 16.3. The number of amides is 2. The van der Waals surface area contributed by atoms with Crippen molar-refractivity contribution in [3.63, 3.8) is 0 Å². The zero-order valence-corrected chi connectivity index (χ0v) is 16.3. The van der Waals surface area contributed by atoms with Crippen LogP contribution in [0.2, 0.25) is 0 Å². The van der Waals surface area contributed by atoms with E-state index in [-0.39, 0.29) is 6.03 Å². The molecule has 1 aliphatic heterocycles. The summed E-state index contributed by atoms with van der Waals surface area (Å²) in [6.45, 7) is 6.58. The van der Waals surface area contributed by atoms with Gasteiger partial charge in [0.05, 0.1) is 6.20 Å². The second-order valence-corrected chi connectivity index (χ2v) is 7.68. The first-order valence-corrected chi connectivity index (χ1v) is 9.72. The van der Waals surface area contributed by atoms with Crippen LogP contribution in [0.15, 0.2) is 54.7 Å². The summed E-state index contributed by atoms with van der Waals surface area (Å²) in [7, 11) is 0. The Labute approximate surface area is 165 Å². The van der Waals surface area contributed by atoms with Crippen molar-refractivity contribution in [2.45, 2.75) is 39.9 Å². The smallest absolute Gasteiger partial charge is 0.316 e. The molecule has 2 aromatic carbocycles. The van der Waals surface area contributed by atoms with Gasteiger partial charge in [0.15, 0.2) is 0 Å². The van der Waals surface area contributed by atoms with Crippen molar-refractivity contribution < 1.29 is 4.79 Å². The fraction of sp³-hybridized carbons (Fsp3) is 0.318. The third kappa shape index (κ3) is 4.06. The van der Waals surface area contributed by atoms with E-state index in [1.165, 1.54) is 11.1 Å². The molecule has 2 amide bonds. The molecule has 3 aromatic rings. The van der Waals surface area contributed by atoms with Gasteiger partial charge in [-0.25, -0.2) is 4.79 Å². The fourth-order valence-corrected chi connectivity index (χ4v) is 3.33. The number of fused-ring (bicyclic) bond motifs is 1. The molecular formula is C22H25N5O. The number of carbonyl (C=O) groups excluding carboxylic acids is 1. The summed E-state index contributed by atoms with van der Waals surface area (Å²) in [4.78, 5) is 14.4. The summed E-state index contributed by atoms with van der Waals surface area (Å²) in [5.41, 5.74) is 5.04. The Kier molecular flexibility index (Phi) is 5.10. The number of hydrogen-bond donors (Lipinski definition) is 1. The minimum atomic E-state index is -0.0800. The van der Waals surface area contributed by atoms with E-state index in [1.54, 1.807) is 0 Å². The molecule has 6 heteroatoms. The minimum Gasteiger partial charge on any atom is -0.316 e. The first kappa shape index (κ1) is 18.2. The van der Waals surface area contributed by atoms with Gasteiger partial charge in [-0.2, -0.15) is 0 Å². The van der Waals surface area contributed by atoms with E-state index in [9.17, 15) is 4.79 Å². The largest absolute Gasteiger partial charge is 0.322 e. The number of urea groups is 1. The topological polar surface area (TPSA) is 63.1 Å². The summed E-state index contributed by atoms with van der Waals surface area (Å²) in [6, 6.07) is 15.8. The van der Waals surface area contributed by atoms with Gasteiger partial charge in [0, 0.05) is 30.9 Å². The molecule has 4 rings (SSSR count). The quantitative estimate of drug-likeness (QED) is 0.712. The first-order valence-electron chi connectivity index (χ1n) is 9.72. The van der Waals surface area contributed by atoms with Crippen molar-refractivity contribution in [1.82, 2.24) is 19.9 Å². The first-order chi connectivity index (χ1) is 13.6. The van der Waals surface area contributed by atoms with Crippen LogP contribution in [0.1, 0.15) is 31.4 Å². The normalized spacial score (nSPS) is 13.0. The summed E-state index contributed by atoms with van der Waals surface area (Å²) >= 11 is 0. The molecule has 144 valence electrons. The zero-order chi connectivity index (χ0) is 19.5. The Balaban J connectivity index is 1.37. The van der Waals surface area contributed by atoms with Crippen molar-refractivity contribution in [3.8, 4) is 11.3 Å². The molecule has 0 atom stereocenters. The van der Waals surface area contributed by atoms with Crippen molar-refractivity contribution in [2.75, 3.05) is 5.32 Å². The molecule has 0 spiro atoms. The lowest BCUT2D eigenvalue weighted by Crippen LogP contribution is -2.30. The number of aryl methyl sites for hydroxylation is 1. The lowest BCUT2D eigenvalue weighted by molar-refractivity contribution is 0.212. The van der Waals surface area contributed by atoms with E-state index in [4.69, 9.17) is 0 Å². The number of nitrogens with one attached hydrogen (secondary N) is 1. The van der Waals surface area contributed by atoms with Crippen LogP contribution < -0.4 is 5.32 Å². The maximum absolute atomic E-state index is 12.6. The summed E-state index contributed by atoms with van der Waals surface area (Å²) in [5, 5.41) is 11.4. The van der Waals surface area contributed by atoms with Gasteiger partial charge in [0.25, 0.3) is 0 Å². The lowest BCUT2D eigenvalue weighted by atomic mass is 10.1. The van der Waals surface area contributed by atoms with Crippen LogP contribution in [0, 0.1) is 5.92 Å². The second kappa shape index (κ2) is 7.84. The average Bonchev–Trinajstić information content (AvgIpc) is 3.34. The van der Waals surface area contributed by atoms with Crippen LogP contribution in [-0.4, -0.2) is 25.9 Å². The van der Waals surface area contributed by atoms with Gasteiger partial charge >= 0.3 is 6.03 Å². The molecule has 0 saturated heterocycles. The molecule has 1 aromatic heterocycles. The van der Waals surface area contributed by atoms with Crippen LogP contribution in [-0.2, 0) is 19.6 Å². The average molecular weight is 375 g/mol. The number of nitrogens with zero attached hydrogens (tertiary/aromatic N) is 4. The van der Waals surface area contributed by atoms with Crippen LogP contribution in [0.4, 0.5) is 10.5 Å². The van der Waals surface area contributed by atoms with Crippen molar-refractivity contribution in [1.29, 1.82) is 0 Å². The summed E-state index contributed by atoms with van der Waals surface area (Å²) < 4.78 is 1.88. The molecule has 1 aliphatic rings. The molecule has 0 saturated carbocycles. The number of anilines is 1. The molecule has 6 nitrogen and oxygen atoms in total. The predicted octanol–water partition coefficient (Wildman–Crippen LogP) is 4.54. The van der Waals surface area contributed by atoms with E-state index in [1.807, 2.05) is 52.2 Å².